The highest BCUT2D eigenvalue weighted by atomic mass is 32.2. The Kier molecular flexibility index (Phi) is 4.18. The van der Waals surface area contributed by atoms with E-state index in [9.17, 15) is 23.3 Å². The Hall–Kier alpha value is -2.42. The van der Waals surface area contributed by atoms with Gasteiger partial charge < -0.3 is 0 Å². The number of aromatic nitrogens is 2. The number of para-hydroxylation sites is 2. The number of rotatable bonds is 5. The lowest BCUT2D eigenvalue weighted by Gasteiger charge is -2.04. The van der Waals surface area contributed by atoms with E-state index in [0.29, 0.717) is 5.69 Å². The van der Waals surface area contributed by atoms with Gasteiger partial charge in [0, 0.05) is 30.8 Å². The Morgan fingerprint density at radius 1 is 1.27 bits per heavy atom. The number of nitrogens with zero attached hydrogens (tertiary/aromatic N) is 3. The SMILES string of the molecule is Cc1cn(CCS(C)(=O)=O)c(=O)n1-c1ccccc1[N+](=O)[O-]. The van der Waals surface area contributed by atoms with Crippen molar-refractivity contribution in [3.63, 3.8) is 0 Å². The molecule has 2 rings (SSSR count). The maximum absolute atomic E-state index is 12.4. The molecule has 0 fully saturated rings. The molecule has 8 nitrogen and oxygen atoms in total. The summed E-state index contributed by atoms with van der Waals surface area (Å²) in [4.78, 5) is 22.9. The molecule has 22 heavy (non-hydrogen) atoms. The first-order chi connectivity index (χ1) is 10.2. The summed E-state index contributed by atoms with van der Waals surface area (Å²) >= 11 is 0. The van der Waals surface area contributed by atoms with E-state index in [1.165, 1.54) is 33.5 Å². The molecule has 0 aliphatic rings. The third-order valence-electron chi connectivity index (χ3n) is 3.15. The third-order valence-corrected chi connectivity index (χ3v) is 4.08. The maximum Gasteiger partial charge on any atom is 0.333 e. The van der Waals surface area contributed by atoms with Crippen molar-refractivity contribution in [2.45, 2.75) is 13.5 Å². The number of aryl methyl sites for hydroxylation is 2. The molecule has 0 aliphatic heterocycles. The largest absolute Gasteiger partial charge is 0.333 e. The van der Waals surface area contributed by atoms with Gasteiger partial charge in [-0.3, -0.25) is 19.2 Å². The van der Waals surface area contributed by atoms with Crippen molar-refractivity contribution in [2.24, 2.45) is 0 Å². The van der Waals surface area contributed by atoms with Crippen LogP contribution in [0.1, 0.15) is 5.69 Å². The fourth-order valence-electron chi connectivity index (χ4n) is 2.14. The van der Waals surface area contributed by atoms with Crippen molar-refractivity contribution >= 4 is 15.5 Å². The molecule has 0 spiro atoms. The third kappa shape index (κ3) is 3.25. The van der Waals surface area contributed by atoms with Crippen molar-refractivity contribution in [3.05, 3.63) is 56.8 Å². The van der Waals surface area contributed by atoms with Gasteiger partial charge in [0.15, 0.2) is 0 Å². The Morgan fingerprint density at radius 3 is 2.50 bits per heavy atom. The van der Waals surface area contributed by atoms with Crippen LogP contribution in [0.15, 0.2) is 35.3 Å². The number of hydrogen-bond donors (Lipinski definition) is 0. The van der Waals surface area contributed by atoms with Gasteiger partial charge in [0.25, 0.3) is 5.69 Å². The molecule has 0 N–H and O–H groups in total. The summed E-state index contributed by atoms with van der Waals surface area (Å²) in [6.45, 7) is 1.64. The number of nitro benzene ring substituents is 1. The first kappa shape index (κ1) is 16.0. The zero-order valence-corrected chi connectivity index (χ0v) is 12.9. The van der Waals surface area contributed by atoms with Crippen LogP contribution in [0.4, 0.5) is 5.69 Å². The quantitative estimate of drug-likeness (QED) is 0.600. The first-order valence-corrected chi connectivity index (χ1v) is 8.47. The number of sulfone groups is 1. The lowest BCUT2D eigenvalue weighted by Crippen LogP contribution is -2.26. The van der Waals surface area contributed by atoms with Gasteiger partial charge in [-0.25, -0.2) is 13.2 Å². The van der Waals surface area contributed by atoms with Gasteiger partial charge in [-0.1, -0.05) is 12.1 Å². The molecule has 118 valence electrons. The summed E-state index contributed by atoms with van der Waals surface area (Å²) in [5.41, 5.74) is -0.0371. The van der Waals surface area contributed by atoms with Crippen LogP contribution < -0.4 is 5.69 Å². The van der Waals surface area contributed by atoms with Gasteiger partial charge in [0.05, 0.1) is 10.7 Å². The average Bonchev–Trinajstić information content (AvgIpc) is 2.70. The van der Waals surface area contributed by atoms with E-state index < -0.39 is 20.5 Å². The topological polar surface area (TPSA) is 104 Å². The molecule has 0 saturated heterocycles. The van der Waals surface area contributed by atoms with Crippen LogP contribution in [-0.4, -0.2) is 34.5 Å². The highest BCUT2D eigenvalue weighted by Crippen LogP contribution is 2.22. The Morgan fingerprint density at radius 2 is 1.91 bits per heavy atom. The zero-order chi connectivity index (χ0) is 16.5. The van der Waals surface area contributed by atoms with E-state index >= 15 is 0 Å². The summed E-state index contributed by atoms with van der Waals surface area (Å²) in [5, 5.41) is 11.1. The molecule has 9 heteroatoms. The maximum atomic E-state index is 12.4. The van der Waals surface area contributed by atoms with Crippen LogP contribution in [0.5, 0.6) is 0 Å². The van der Waals surface area contributed by atoms with Crippen molar-refractivity contribution in [2.75, 3.05) is 12.0 Å². The first-order valence-electron chi connectivity index (χ1n) is 6.41. The molecular weight excluding hydrogens is 310 g/mol. The van der Waals surface area contributed by atoms with Gasteiger partial charge in [0.1, 0.15) is 15.5 Å². The summed E-state index contributed by atoms with van der Waals surface area (Å²) in [6, 6.07) is 5.91. The second-order valence-electron chi connectivity index (χ2n) is 4.96. The molecule has 1 aromatic heterocycles. The molecular formula is C13H15N3O5S. The van der Waals surface area contributed by atoms with Crippen molar-refractivity contribution in [3.8, 4) is 5.69 Å². The molecule has 1 heterocycles. The van der Waals surface area contributed by atoms with E-state index in [0.717, 1.165) is 6.26 Å². The van der Waals surface area contributed by atoms with Crippen LogP contribution in [-0.2, 0) is 16.4 Å². The smallest absolute Gasteiger partial charge is 0.298 e. The molecule has 0 amide bonds. The fraction of sp³-hybridized carbons (Fsp3) is 0.308. The van der Waals surface area contributed by atoms with E-state index in [2.05, 4.69) is 0 Å². The second kappa shape index (κ2) is 5.76. The lowest BCUT2D eigenvalue weighted by atomic mass is 10.2. The minimum Gasteiger partial charge on any atom is -0.298 e. The van der Waals surface area contributed by atoms with Crippen molar-refractivity contribution in [1.29, 1.82) is 0 Å². The summed E-state index contributed by atoms with van der Waals surface area (Å²) < 4.78 is 24.9. The van der Waals surface area contributed by atoms with Crippen LogP contribution in [0.3, 0.4) is 0 Å². The number of benzene rings is 1. The highest BCUT2D eigenvalue weighted by Gasteiger charge is 2.19. The molecule has 0 atom stereocenters. The molecule has 0 unspecified atom stereocenters. The molecule has 0 saturated carbocycles. The Balaban J connectivity index is 2.53. The predicted molar refractivity (Wildman–Crippen MR) is 81.1 cm³/mol. The zero-order valence-electron chi connectivity index (χ0n) is 12.1. The number of imidazole rings is 1. The highest BCUT2D eigenvalue weighted by molar-refractivity contribution is 7.90. The molecule has 1 aromatic carbocycles. The summed E-state index contributed by atoms with van der Waals surface area (Å²) in [6.07, 6.45) is 2.58. The monoisotopic (exact) mass is 325 g/mol. The molecule has 2 aromatic rings. The Bertz CT molecular complexity index is 879. The van der Waals surface area contributed by atoms with E-state index in [4.69, 9.17) is 0 Å². The lowest BCUT2D eigenvalue weighted by molar-refractivity contribution is -0.384. The van der Waals surface area contributed by atoms with E-state index in [-0.39, 0.29) is 23.7 Å². The van der Waals surface area contributed by atoms with E-state index in [1.807, 2.05) is 0 Å². The van der Waals surface area contributed by atoms with Gasteiger partial charge in [0.2, 0.25) is 0 Å². The van der Waals surface area contributed by atoms with Gasteiger partial charge >= 0.3 is 5.69 Å². The predicted octanol–water partition coefficient (Wildman–Crippen LogP) is 0.900. The van der Waals surface area contributed by atoms with Crippen LogP contribution in [0.2, 0.25) is 0 Å². The van der Waals surface area contributed by atoms with E-state index in [1.54, 1.807) is 13.0 Å². The fourth-order valence-corrected chi connectivity index (χ4v) is 2.67. The number of nitro groups is 1. The second-order valence-corrected chi connectivity index (χ2v) is 7.22. The average molecular weight is 325 g/mol. The summed E-state index contributed by atoms with van der Waals surface area (Å²) in [5.74, 6) is -0.173. The Labute approximate surface area is 126 Å². The molecule has 0 bridgehead atoms. The van der Waals surface area contributed by atoms with Crippen LogP contribution in [0, 0.1) is 17.0 Å². The van der Waals surface area contributed by atoms with Crippen molar-refractivity contribution < 1.29 is 13.3 Å². The van der Waals surface area contributed by atoms with Crippen LogP contribution in [0.25, 0.3) is 5.69 Å². The number of hydrogen-bond acceptors (Lipinski definition) is 5. The van der Waals surface area contributed by atoms with Gasteiger partial charge in [-0.2, -0.15) is 0 Å². The minimum absolute atomic E-state index is 0.00609. The van der Waals surface area contributed by atoms with Crippen molar-refractivity contribution in [1.82, 2.24) is 9.13 Å². The summed E-state index contributed by atoms with van der Waals surface area (Å²) in [7, 11) is -3.21. The normalized spacial score (nSPS) is 11.5. The molecule has 0 radical (unpaired) electrons. The minimum atomic E-state index is -3.21. The molecule has 0 aliphatic carbocycles. The van der Waals surface area contributed by atoms with Gasteiger partial charge in [-0.05, 0) is 13.0 Å². The van der Waals surface area contributed by atoms with Gasteiger partial charge in [-0.15, -0.1) is 0 Å². The standard InChI is InChI=1S/C13H15N3O5S/c1-10-9-14(7-8-22(2,20)21)13(17)15(10)11-5-3-4-6-12(11)16(18)19/h3-6,9H,7-8H2,1-2H3. The van der Waals surface area contributed by atoms with Crippen LogP contribution >= 0.6 is 0 Å².